The molecule has 2 aliphatic heterocycles. The number of carbonyl (C=O) groups excluding carboxylic acids is 1. The van der Waals surface area contributed by atoms with Crippen molar-refractivity contribution in [3.05, 3.63) is 29.3 Å². The number of nitrogens with zero attached hydrogens (tertiary/aromatic N) is 1. The van der Waals surface area contributed by atoms with Crippen LogP contribution in [0.4, 0.5) is 13.2 Å². The predicted molar refractivity (Wildman–Crippen MR) is 113 cm³/mol. The summed E-state index contributed by atoms with van der Waals surface area (Å²) < 4.78 is 46.8. The van der Waals surface area contributed by atoms with Crippen LogP contribution in [0.1, 0.15) is 62.5 Å². The van der Waals surface area contributed by atoms with Gasteiger partial charge in [-0.25, -0.2) is 0 Å². The SMILES string of the molecule is O=C(Cl)C1CCC(Oc2cc(CN3CCCC34CCNCC4)cc(C(F)(F)F)c2)CC1. The van der Waals surface area contributed by atoms with E-state index in [2.05, 4.69) is 10.2 Å². The fourth-order valence-corrected chi connectivity index (χ4v) is 5.72. The first-order chi connectivity index (χ1) is 14.7. The van der Waals surface area contributed by atoms with E-state index in [0.29, 0.717) is 37.8 Å². The molecule has 0 aromatic heterocycles. The Hall–Kier alpha value is -1.31. The minimum absolute atomic E-state index is 0.104. The highest BCUT2D eigenvalue weighted by Gasteiger charge is 2.41. The van der Waals surface area contributed by atoms with E-state index >= 15 is 0 Å². The fourth-order valence-electron chi connectivity index (χ4n) is 5.50. The maximum absolute atomic E-state index is 13.6. The molecule has 31 heavy (non-hydrogen) atoms. The van der Waals surface area contributed by atoms with Crippen molar-refractivity contribution in [2.75, 3.05) is 19.6 Å². The Morgan fingerprint density at radius 1 is 1.13 bits per heavy atom. The molecule has 172 valence electrons. The second-order valence-corrected chi connectivity index (χ2v) is 9.63. The number of piperidine rings is 1. The minimum atomic E-state index is -4.42. The van der Waals surface area contributed by atoms with Crippen LogP contribution < -0.4 is 10.1 Å². The lowest BCUT2D eigenvalue weighted by Gasteiger charge is -2.42. The van der Waals surface area contributed by atoms with Crippen LogP contribution in [0.15, 0.2) is 18.2 Å². The summed E-state index contributed by atoms with van der Waals surface area (Å²) in [5.74, 6) is 0.0963. The van der Waals surface area contributed by atoms with Crippen molar-refractivity contribution in [3.63, 3.8) is 0 Å². The number of halogens is 4. The summed E-state index contributed by atoms with van der Waals surface area (Å²) >= 11 is 5.59. The highest BCUT2D eigenvalue weighted by molar-refractivity contribution is 6.63. The molecule has 0 bridgehead atoms. The average Bonchev–Trinajstić information content (AvgIpc) is 3.09. The molecule has 4 nitrogen and oxygen atoms in total. The van der Waals surface area contributed by atoms with Gasteiger partial charge in [0.1, 0.15) is 5.75 Å². The maximum Gasteiger partial charge on any atom is 0.416 e. The monoisotopic (exact) mass is 458 g/mol. The van der Waals surface area contributed by atoms with Gasteiger partial charge in [-0.2, -0.15) is 13.2 Å². The molecule has 0 radical (unpaired) electrons. The number of benzene rings is 1. The van der Waals surface area contributed by atoms with Crippen molar-refractivity contribution in [2.24, 2.45) is 5.92 Å². The van der Waals surface area contributed by atoms with Crippen LogP contribution in [-0.2, 0) is 17.5 Å². The first-order valence-corrected chi connectivity index (χ1v) is 11.7. The molecule has 1 saturated carbocycles. The van der Waals surface area contributed by atoms with Gasteiger partial charge < -0.3 is 10.1 Å². The molecule has 8 heteroatoms. The third kappa shape index (κ3) is 5.37. The van der Waals surface area contributed by atoms with Gasteiger partial charge in [0.05, 0.1) is 11.7 Å². The first-order valence-electron chi connectivity index (χ1n) is 11.3. The molecule has 2 saturated heterocycles. The third-order valence-corrected chi connectivity index (χ3v) is 7.55. The lowest BCUT2D eigenvalue weighted by molar-refractivity contribution is -0.137. The Labute approximate surface area is 186 Å². The van der Waals surface area contributed by atoms with Crippen LogP contribution in [0, 0.1) is 5.92 Å². The van der Waals surface area contributed by atoms with Gasteiger partial charge >= 0.3 is 6.18 Å². The molecule has 4 rings (SSSR count). The van der Waals surface area contributed by atoms with Crippen molar-refractivity contribution in [2.45, 2.75) is 75.7 Å². The zero-order chi connectivity index (χ0) is 22.1. The summed E-state index contributed by atoms with van der Waals surface area (Å²) in [4.78, 5) is 13.7. The van der Waals surface area contributed by atoms with Gasteiger partial charge in [-0.05, 0) is 106 Å². The number of ether oxygens (including phenoxy) is 1. The van der Waals surface area contributed by atoms with Crippen LogP contribution in [0.3, 0.4) is 0 Å². The first kappa shape index (κ1) is 22.9. The summed E-state index contributed by atoms with van der Waals surface area (Å²) in [6, 6.07) is 4.14. The number of likely N-dealkylation sites (tertiary alicyclic amines) is 1. The quantitative estimate of drug-likeness (QED) is 0.621. The zero-order valence-electron chi connectivity index (χ0n) is 17.6. The van der Waals surface area contributed by atoms with Crippen LogP contribution in [-0.4, -0.2) is 41.4 Å². The molecular weight excluding hydrogens is 429 g/mol. The zero-order valence-corrected chi connectivity index (χ0v) is 18.4. The Bertz CT molecular complexity index is 788. The van der Waals surface area contributed by atoms with E-state index in [1.807, 2.05) is 0 Å². The summed E-state index contributed by atoms with van der Waals surface area (Å²) in [5.41, 5.74) is 0.0879. The van der Waals surface area contributed by atoms with Gasteiger partial charge in [0.15, 0.2) is 0 Å². The average molecular weight is 459 g/mol. The van der Waals surface area contributed by atoms with E-state index in [4.69, 9.17) is 16.3 Å². The van der Waals surface area contributed by atoms with E-state index < -0.39 is 11.7 Å². The predicted octanol–water partition coefficient (Wildman–Crippen LogP) is 5.13. The molecule has 3 fully saturated rings. The van der Waals surface area contributed by atoms with Crippen molar-refractivity contribution in [1.82, 2.24) is 10.2 Å². The molecule has 2 heterocycles. The molecule has 1 aliphatic carbocycles. The number of nitrogens with one attached hydrogen (secondary N) is 1. The molecule has 1 aromatic rings. The molecule has 1 N–H and O–H groups in total. The van der Waals surface area contributed by atoms with Crippen molar-refractivity contribution in [3.8, 4) is 5.75 Å². The Morgan fingerprint density at radius 3 is 2.48 bits per heavy atom. The standard InChI is InChI=1S/C23H30ClF3N2O2/c24-21(30)17-2-4-19(5-3-17)31-20-13-16(12-18(14-20)23(25,26)27)15-29-11-1-6-22(29)7-9-28-10-8-22/h12-14,17,19,28H,1-11,15H2. The molecular formula is C23H30ClF3N2O2. The molecule has 0 atom stereocenters. The molecule has 1 spiro atoms. The number of hydrogen-bond acceptors (Lipinski definition) is 4. The van der Waals surface area contributed by atoms with Gasteiger partial charge in [-0.3, -0.25) is 9.69 Å². The summed E-state index contributed by atoms with van der Waals surface area (Å²) in [6.07, 6.45) is 2.14. The molecule has 3 aliphatic rings. The van der Waals surface area contributed by atoms with Gasteiger partial charge in [0.25, 0.3) is 0 Å². The summed E-state index contributed by atoms with van der Waals surface area (Å²) in [6.45, 7) is 3.35. The lowest BCUT2D eigenvalue weighted by Crippen LogP contribution is -2.50. The Balaban J connectivity index is 1.51. The minimum Gasteiger partial charge on any atom is -0.490 e. The van der Waals surface area contributed by atoms with Crippen LogP contribution in [0.5, 0.6) is 5.75 Å². The highest BCUT2D eigenvalue weighted by Crippen LogP contribution is 2.40. The number of rotatable bonds is 5. The second kappa shape index (κ2) is 9.28. The molecule has 0 amide bonds. The summed E-state index contributed by atoms with van der Waals surface area (Å²) in [5, 5.41) is 3.05. The molecule has 0 unspecified atom stereocenters. The van der Waals surface area contributed by atoms with Crippen molar-refractivity contribution < 1.29 is 22.7 Å². The van der Waals surface area contributed by atoms with Crippen LogP contribution in [0.2, 0.25) is 0 Å². The van der Waals surface area contributed by atoms with Crippen molar-refractivity contribution in [1.29, 1.82) is 0 Å². The number of alkyl halides is 3. The summed E-state index contributed by atoms with van der Waals surface area (Å²) in [7, 11) is 0. The Morgan fingerprint density at radius 2 is 1.84 bits per heavy atom. The smallest absolute Gasteiger partial charge is 0.416 e. The second-order valence-electron chi connectivity index (χ2n) is 9.26. The van der Waals surface area contributed by atoms with E-state index in [-0.39, 0.29) is 28.6 Å². The highest BCUT2D eigenvalue weighted by atomic mass is 35.5. The third-order valence-electron chi connectivity index (χ3n) is 7.24. The van der Waals surface area contributed by atoms with Gasteiger partial charge in [0.2, 0.25) is 5.24 Å². The lowest BCUT2D eigenvalue weighted by atomic mass is 9.85. The maximum atomic E-state index is 13.6. The van der Waals surface area contributed by atoms with E-state index in [1.165, 1.54) is 6.07 Å². The normalized spacial score (nSPS) is 26.8. The van der Waals surface area contributed by atoms with Gasteiger partial charge in [0, 0.05) is 18.0 Å². The van der Waals surface area contributed by atoms with Gasteiger partial charge in [-0.15, -0.1) is 0 Å². The largest absolute Gasteiger partial charge is 0.490 e. The molecule has 1 aromatic carbocycles. The van der Waals surface area contributed by atoms with Crippen molar-refractivity contribution >= 4 is 16.8 Å². The number of carbonyl (C=O) groups is 1. The fraction of sp³-hybridized carbons (Fsp3) is 0.696. The topological polar surface area (TPSA) is 41.6 Å². The van der Waals surface area contributed by atoms with E-state index in [9.17, 15) is 18.0 Å². The van der Waals surface area contributed by atoms with Crippen LogP contribution >= 0.6 is 11.6 Å². The number of hydrogen-bond donors (Lipinski definition) is 1. The van der Waals surface area contributed by atoms with Gasteiger partial charge in [-0.1, -0.05) is 0 Å². The van der Waals surface area contributed by atoms with E-state index in [1.54, 1.807) is 6.07 Å². The van der Waals surface area contributed by atoms with Crippen LogP contribution in [0.25, 0.3) is 0 Å². The van der Waals surface area contributed by atoms with E-state index in [0.717, 1.165) is 51.4 Å². The Kier molecular flexibility index (Phi) is 6.85.